The van der Waals surface area contributed by atoms with Gasteiger partial charge in [-0.1, -0.05) is 25.9 Å². The molecule has 1 saturated carbocycles. The van der Waals surface area contributed by atoms with Crippen molar-refractivity contribution in [1.29, 1.82) is 0 Å². The third kappa shape index (κ3) is 2.78. The van der Waals surface area contributed by atoms with Crippen molar-refractivity contribution < 1.29 is 13.7 Å². The molecule has 0 radical (unpaired) electrons. The Balaban J connectivity index is 1.88. The van der Waals surface area contributed by atoms with Crippen molar-refractivity contribution in [3.8, 4) is 0 Å². The Hall–Kier alpha value is -2.08. The summed E-state index contributed by atoms with van der Waals surface area (Å²) in [6.45, 7) is 6.13. The van der Waals surface area contributed by atoms with Gasteiger partial charge in [0.1, 0.15) is 5.52 Å². The normalized spacial score (nSPS) is 15.0. The van der Waals surface area contributed by atoms with Crippen molar-refractivity contribution in [2.75, 3.05) is 6.26 Å². The first-order valence-corrected chi connectivity index (χ1v) is 9.60. The molecule has 2 heterocycles. The Morgan fingerprint density at radius 1 is 1.24 bits per heavy atom. The minimum atomic E-state index is -0.231. The highest BCUT2D eigenvalue weighted by Gasteiger charge is 2.34. The van der Waals surface area contributed by atoms with E-state index in [1.54, 1.807) is 11.8 Å². The Morgan fingerprint density at radius 2 is 2.00 bits per heavy atom. The lowest BCUT2D eigenvalue weighted by Gasteiger charge is -2.11. The number of thioether (sulfide) groups is 1. The molecule has 1 fully saturated rings. The average Bonchev–Trinajstić information content (AvgIpc) is 3.11. The van der Waals surface area contributed by atoms with Crippen molar-refractivity contribution >= 4 is 28.6 Å². The molecule has 1 aliphatic carbocycles. The maximum Gasteiger partial charge on any atom is 0.202 e. The number of carbonyl (C=O) groups excluding carboxylic acids is 1. The molecule has 0 unspecified atom stereocenters. The van der Waals surface area contributed by atoms with E-state index in [-0.39, 0.29) is 11.2 Å². The fourth-order valence-corrected chi connectivity index (χ4v) is 3.39. The standard InChI is InChI=1S/C19H20N2O3S/c1-19(2,3)18-21-14-13(25-4)8-7-11(17(14)23-18)15(22)12-9-20-24-16(12)10-5-6-10/h7-10H,5-6H2,1-4H3. The number of nitrogens with zero attached hydrogens (tertiary/aromatic N) is 2. The molecule has 130 valence electrons. The van der Waals surface area contributed by atoms with E-state index in [0.717, 1.165) is 23.3 Å². The number of ketones is 1. The summed E-state index contributed by atoms with van der Waals surface area (Å²) >= 11 is 1.59. The van der Waals surface area contributed by atoms with Crippen LogP contribution in [0.4, 0.5) is 0 Å². The highest BCUT2D eigenvalue weighted by atomic mass is 32.2. The number of carbonyl (C=O) groups is 1. The predicted molar refractivity (Wildman–Crippen MR) is 96.4 cm³/mol. The molecule has 5 nitrogen and oxygen atoms in total. The van der Waals surface area contributed by atoms with Gasteiger partial charge in [-0.25, -0.2) is 4.98 Å². The van der Waals surface area contributed by atoms with Crippen LogP contribution in [0.15, 0.2) is 32.2 Å². The first-order valence-electron chi connectivity index (χ1n) is 8.37. The lowest BCUT2D eigenvalue weighted by atomic mass is 9.97. The molecule has 0 saturated heterocycles. The van der Waals surface area contributed by atoms with Gasteiger partial charge in [-0.05, 0) is 31.2 Å². The minimum Gasteiger partial charge on any atom is -0.439 e. The molecule has 25 heavy (non-hydrogen) atoms. The molecule has 1 aromatic carbocycles. The molecular weight excluding hydrogens is 336 g/mol. The van der Waals surface area contributed by atoms with Crippen LogP contribution in [0.25, 0.3) is 11.1 Å². The minimum absolute atomic E-state index is 0.114. The van der Waals surface area contributed by atoms with Crippen LogP contribution in [0.2, 0.25) is 0 Å². The van der Waals surface area contributed by atoms with Gasteiger partial charge in [0.05, 0.1) is 17.3 Å². The number of hydrogen-bond acceptors (Lipinski definition) is 6. The number of hydrogen-bond donors (Lipinski definition) is 0. The second-order valence-electron chi connectivity index (χ2n) is 7.47. The van der Waals surface area contributed by atoms with Crippen molar-refractivity contribution in [2.24, 2.45) is 0 Å². The van der Waals surface area contributed by atoms with Gasteiger partial charge in [-0.2, -0.15) is 0 Å². The van der Waals surface area contributed by atoms with Gasteiger partial charge in [0, 0.05) is 16.2 Å². The van der Waals surface area contributed by atoms with E-state index >= 15 is 0 Å². The van der Waals surface area contributed by atoms with Gasteiger partial charge in [-0.15, -0.1) is 11.8 Å². The smallest absolute Gasteiger partial charge is 0.202 e. The molecule has 0 atom stereocenters. The number of rotatable bonds is 4. The van der Waals surface area contributed by atoms with Gasteiger partial charge in [0.25, 0.3) is 0 Å². The van der Waals surface area contributed by atoms with Crippen LogP contribution >= 0.6 is 11.8 Å². The molecule has 2 aromatic heterocycles. The van der Waals surface area contributed by atoms with E-state index in [4.69, 9.17) is 8.94 Å². The largest absolute Gasteiger partial charge is 0.439 e. The van der Waals surface area contributed by atoms with Crippen LogP contribution < -0.4 is 0 Å². The van der Waals surface area contributed by atoms with Gasteiger partial charge < -0.3 is 8.94 Å². The highest BCUT2D eigenvalue weighted by molar-refractivity contribution is 7.98. The van der Waals surface area contributed by atoms with E-state index in [2.05, 4.69) is 10.1 Å². The third-order valence-electron chi connectivity index (χ3n) is 4.40. The van der Waals surface area contributed by atoms with Crippen LogP contribution in [-0.2, 0) is 5.41 Å². The van der Waals surface area contributed by atoms with E-state index in [1.807, 2.05) is 39.2 Å². The van der Waals surface area contributed by atoms with Crippen LogP contribution in [-0.4, -0.2) is 22.2 Å². The lowest BCUT2D eigenvalue weighted by Crippen LogP contribution is -2.11. The fourth-order valence-electron chi connectivity index (χ4n) is 2.85. The van der Waals surface area contributed by atoms with E-state index in [1.165, 1.54) is 6.20 Å². The summed E-state index contributed by atoms with van der Waals surface area (Å²) in [7, 11) is 0. The lowest BCUT2D eigenvalue weighted by molar-refractivity contribution is 0.103. The second-order valence-corrected chi connectivity index (χ2v) is 8.32. The van der Waals surface area contributed by atoms with Crippen LogP contribution in [0.1, 0.15) is 67.1 Å². The molecule has 0 aliphatic heterocycles. The van der Waals surface area contributed by atoms with Gasteiger partial charge >= 0.3 is 0 Å². The van der Waals surface area contributed by atoms with Gasteiger partial charge in [-0.3, -0.25) is 4.79 Å². The van der Waals surface area contributed by atoms with Gasteiger partial charge in [0.15, 0.2) is 11.3 Å². The van der Waals surface area contributed by atoms with E-state index in [0.29, 0.717) is 34.3 Å². The molecule has 0 amide bonds. The van der Waals surface area contributed by atoms with E-state index < -0.39 is 0 Å². The Morgan fingerprint density at radius 3 is 2.64 bits per heavy atom. The number of aromatic nitrogens is 2. The fraction of sp³-hybridized carbons (Fsp3) is 0.421. The van der Waals surface area contributed by atoms with Crippen LogP contribution in [0, 0.1) is 0 Å². The van der Waals surface area contributed by atoms with Crippen LogP contribution in [0.3, 0.4) is 0 Å². The summed E-state index contributed by atoms with van der Waals surface area (Å²) in [5.41, 5.74) is 2.11. The monoisotopic (exact) mass is 356 g/mol. The first-order chi connectivity index (χ1) is 11.9. The number of fused-ring (bicyclic) bond motifs is 1. The Labute approximate surface area is 150 Å². The van der Waals surface area contributed by atoms with Crippen molar-refractivity contribution in [3.63, 3.8) is 0 Å². The summed E-state index contributed by atoms with van der Waals surface area (Å²) in [6.07, 6.45) is 5.61. The maximum absolute atomic E-state index is 13.1. The predicted octanol–water partition coefficient (Wildman–Crippen LogP) is 4.94. The zero-order valence-corrected chi connectivity index (χ0v) is 15.6. The SMILES string of the molecule is CSc1ccc(C(=O)c2cnoc2C2CC2)c2oc(C(C)(C)C)nc12. The zero-order chi connectivity index (χ0) is 17.8. The molecule has 1 aliphatic rings. The van der Waals surface area contributed by atoms with Crippen molar-refractivity contribution in [3.05, 3.63) is 41.1 Å². The highest BCUT2D eigenvalue weighted by Crippen LogP contribution is 2.42. The quantitative estimate of drug-likeness (QED) is 0.487. The molecule has 6 heteroatoms. The van der Waals surface area contributed by atoms with Crippen molar-refractivity contribution in [2.45, 2.75) is 49.8 Å². The second kappa shape index (κ2) is 5.73. The summed E-state index contributed by atoms with van der Waals surface area (Å²) < 4.78 is 11.4. The third-order valence-corrected chi connectivity index (χ3v) is 5.17. The Kier molecular flexibility index (Phi) is 3.76. The Bertz CT molecular complexity index is 961. The van der Waals surface area contributed by atoms with Crippen molar-refractivity contribution in [1.82, 2.24) is 10.1 Å². The molecule has 4 rings (SSSR count). The van der Waals surface area contributed by atoms with Gasteiger partial charge in [0.2, 0.25) is 11.7 Å². The number of benzene rings is 1. The molecular formula is C19H20N2O3S. The summed E-state index contributed by atoms with van der Waals surface area (Å²) in [5, 5.41) is 3.84. The zero-order valence-electron chi connectivity index (χ0n) is 14.8. The average molecular weight is 356 g/mol. The summed E-state index contributed by atoms with van der Waals surface area (Å²) in [5.74, 6) is 1.54. The maximum atomic E-state index is 13.1. The molecule has 0 bridgehead atoms. The molecule has 0 N–H and O–H groups in total. The summed E-state index contributed by atoms with van der Waals surface area (Å²) in [4.78, 5) is 18.8. The van der Waals surface area contributed by atoms with Crippen LogP contribution in [0.5, 0.6) is 0 Å². The number of oxazole rings is 1. The molecule has 0 spiro atoms. The summed E-state index contributed by atoms with van der Waals surface area (Å²) in [6, 6.07) is 3.75. The molecule has 3 aromatic rings. The topological polar surface area (TPSA) is 69.1 Å². The first kappa shape index (κ1) is 16.4. The van der Waals surface area contributed by atoms with E-state index in [9.17, 15) is 4.79 Å².